The maximum atomic E-state index is 11.8. The molecule has 0 unspecified atom stereocenters. The molecule has 5 nitrogen and oxygen atoms in total. The van der Waals surface area contributed by atoms with Crippen molar-refractivity contribution < 1.29 is 4.79 Å². The number of hydrogen-bond acceptors (Lipinski definition) is 3. The molecule has 0 aromatic carbocycles. The van der Waals surface area contributed by atoms with E-state index in [2.05, 4.69) is 20.2 Å². The van der Waals surface area contributed by atoms with Crippen LogP contribution >= 0.6 is 11.8 Å². The summed E-state index contributed by atoms with van der Waals surface area (Å²) in [5, 5.41) is 6.61. The second-order valence-corrected chi connectivity index (χ2v) is 7.03. The molecule has 20 heavy (non-hydrogen) atoms. The average molecular weight is 294 g/mol. The van der Waals surface area contributed by atoms with E-state index in [-0.39, 0.29) is 6.03 Å². The average Bonchev–Trinajstić information content (AvgIpc) is 3.13. The monoisotopic (exact) mass is 294 g/mol. The number of aromatic nitrogens is 2. The number of aryl methyl sites for hydroxylation is 1. The number of hydrogen-bond donors (Lipinski definition) is 2. The summed E-state index contributed by atoms with van der Waals surface area (Å²) >= 11 is 1.97. The number of urea groups is 1. The van der Waals surface area contributed by atoms with Gasteiger partial charge in [-0.05, 0) is 30.9 Å². The molecule has 2 aliphatic heterocycles. The minimum atomic E-state index is -0.0195. The Morgan fingerprint density at radius 3 is 3.15 bits per heavy atom. The van der Waals surface area contributed by atoms with Crippen molar-refractivity contribution in [3.8, 4) is 0 Å². The highest BCUT2D eigenvalue weighted by atomic mass is 32.2. The molecule has 1 saturated heterocycles. The number of carbonyl (C=O) groups is 1. The van der Waals surface area contributed by atoms with Crippen LogP contribution in [0.5, 0.6) is 0 Å². The van der Waals surface area contributed by atoms with Crippen LogP contribution in [0.25, 0.3) is 0 Å². The van der Waals surface area contributed by atoms with Gasteiger partial charge < -0.3 is 15.2 Å². The van der Waals surface area contributed by atoms with Gasteiger partial charge in [-0.25, -0.2) is 9.78 Å². The highest BCUT2D eigenvalue weighted by Gasteiger charge is 2.20. The van der Waals surface area contributed by atoms with Crippen molar-refractivity contribution in [1.82, 2.24) is 20.2 Å². The Balaban J connectivity index is 1.36. The smallest absolute Gasteiger partial charge is 0.314 e. The van der Waals surface area contributed by atoms with Gasteiger partial charge in [0.2, 0.25) is 0 Å². The van der Waals surface area contributed by atoms with Crippen LogP contribution in [0.1, 0.15) is 25.1 Å². The van der Waals surface area contributed by atoms with Gasteiger partial charge in [0.25, 0.3) is 0 Å². The normalized spacial score (nSPS) is 25.2. The molecule has 2 atom stereocenters. The standard InChI is InChI=1S/C14H22N4OS/c19-14(17-9-12-2-1-7-20-12)16-8-11-3-4-13-15-5-6-18(13)10-11/h5-6,11-12H,1-4,7-10H2,(H2,16,17,19)/t11-,12+/m0/s1. The lowest BCUT2D eigenvalue weighted by molar-refractivity contribution is 0.236. The van der Waals surface area contributed by atoms with Crippen molar-refractivity contribution in [2.24, 2.45) is 5.92 Å². The Hall–Kier alpha value is -1.17. The van der Waals surface area contributed by atoms with Crippen molar-refractivity contribution in [2.45, 2.75) is 37.5 Å². The molecule has 0 radical (unpaired) electrons. The molecule has 1 fully saturated rings. The van der Waals surface area contributed by atoms with Crippen molar-refractivity contribution in [3.63, 3.8) is 0 Å². The number of thioether (sulfide) groups is 1. The summed E-state index contributed by atoms with van der Waals surface area (Å²) in [6, 6.07) is -0.0195. The highest BCUT2D eigenvalue weighted by molar-refractivity contribution is 8.00. The lowest BCUT2D eigenvalue weighted by Crippen LogP contribution is -2.41. The molecule has 1 aromatic rings. The van der Waals surface area contributed by atoms with Gasteiger partial charge in [-0.3, -0.25) is 0 Å². The molecule has 0 aliphatic carbocycles. The molecule has 1 aromatic heterocycles. The van der Waals surface area contributed by atoms with E-state index in [0.29, 0.717) is 11.2 Å². The molecule has 0 bridgehead atoms. The Morgan fingerprint density at radius 1 is 1.40 bits per heavy atom. The van der Waals surface area contributed by atoms with Gasteiger partial charge in [-0.1, -0.05) is 0 Å². The zero-order valence-corrected chi connectivity index (χ0v) is 12.5. The van der Waals surface area contributed by atoms with E-state index in [4.69, 9.17) is 0 Å². The Kier molecular flexibility index (Phi) is 4.50. The maximum absolute atomic E-state index is 11.8. The van der Waals surface area contributed by atoms with Crippen LogP contribution in [0.3, 0.4) is 0 Å². The van der Waals surface area contributed by atoms with Gasteiger partial charge in [0.1, 0.15) is 5.82 Å². The fourth-order valence-corrected chi connectivity index (χ4v) is 4.12. The number of nitrogens with one attached hydrogen (secondary N) is 2. The first-order chi connectivity index (χ1) is 9.81. The lowest BCUT2D eigenvalue weighted by atomic mass is 9.99. The summed E-state index contributed by atoms with van der Waals surface area (Å²) in [5.74, 6) is 2.93. The second-order valence-electron chi connectivity index (χ2n) is 5.63. The zero-order valence-electron chi connectivity index (χ0n) is 11.7. The van der Waals surface area contributed by atoms with Gasteiger partial charge in [-0.2, -0.15) is 11.8 Å². The molecule has 2 amide bonds. The van der Waals surface area contributed by atoms with Gasteiger partial charge in [0, 0.05) is 43.7 Å². The minimum Gasteiger partial charge on any atom is -0.338 e. The summed E-state index contributed by atoms with van der Waals surface area (Å²) < 4.78 is 2.20. The van der Waals surface area contributed by atoms with Crippen molar-refractivity contribution in [3.05, 3.63) is 18.2 Å². The third kappa shape index (κ3) is 3.48. The van der Waals surface area contributed by atoms with Crippen LogP contribution in [-0.4, -0.2) is 39.7 Å². The zero-order chi connectivity index (χ0) is 13.8. The lowest BCUT2D eigenvalue weighted by Gasteiger charge is -2.24. The first-order valence-corrected chi connectivity index (χ1v) is 8.49. The third-order valence-corrected chi connectivity index (χ3v) is 5.50. The molecule has 3 heterocycles. The summed E-state index contributed by atoms with van der Waals surface area (Å²) in [6.45, 7) is 2.52. The molecular formula is C14H22N4OS. The summed E-state index contributed by atoms with van der Waals surface area (Å²) in [4.78, 5) is 16.1. The highest BCUT2D eigenvalue weighted by Crippen LogP contribution is 2.25. The topological polar surface area (TPSA) is 59.0 Å². The van der Waals surface area contributed by atoms with Gasteiger partial charge >= 0.3 is 6.03 Å². The van der Waals surface area contributed by atoms with E-state index in [1.807, 2.05) is 24.2 Å². The fourth-order valence-electron chi connectivity index (χ4n) is 2.92. The van der Waals surface area contributed by atoms with E-state index >= 15 is 0 Å². The van der Waals surface area contributed by atoms with E-state index in [1.54, 1.807) is 0 Å². The first-order valence-electron chi connectivity index (χ1n) is 7.44. The van der Waals surface area contributed by atoms with E-state index in [0.717, 1.165) is 32.5 Å². The maximum Gasteiger partial charge on any atom is 0.314 e. The first kappa shape index (κ1) is 13.8. The van der Waals surface area contributed by atoms with Crippen molar-refractivity contribution in [1.29, 1.82) is 0 Å². The summed E-state index contributed by atoms with van der Waals surface area (Å²) in [7, 11) is 0. The van der Waals surface area contributed by atoms with Gasteiger partial charge in [0.05, 0.1) is 0 Å². The number of amides is 2. The quantitative estimate of drug-likeness (QED) is 0.887. The van der Waals surface area contributed by atoms with Crippen LogP contribution in [0, 0.1) is 5.92 Å². The Bertz CT molecular complexity index is 456. The predicted octanol–water partition coefficient (Wildman–Crippen LogP) is 1.64. The number of imidazole rings is 1. The van der Waals surface area contributed by atoms with Crippen molar-refractivity contribution >= 4 is 17.8 Å². The summed E-state index contributed by atoms with van der Waals surface area (Å²) in [6.07, 6.45) is 8.52. The number of rotatable bonds is 4. The fraction of sp³-hybridized carbons (Fsp3) is 0.714. The van der Waals surface area contributed by atoms with Gasteiger partial charge in [0.15, 0.2) is 0 Å². The number of carbonyl (C=O) groups excluding carboxylic acids is 1. The minimum absolute atomic E-state index is 0.0195. The van der Waals surface area contributed by atoms with Gasteiger partial charge in [-0.15, -0.1) is 0 Å². The van der Waals surface area contributed by atoms with Crippen LogP contribution in [0.2, 0.25) is 0 Å². The van der Waals surface area contributed by atoms with E-state index in [9.17, 15) is 4.79 Å². The van der Waals surface area contributed by atoms with E-state index < -0.39 is 0 Å². The Labute approximate surface area is 123 Å². The van der Waals surface area contributed by atoms with Crippen molar-refractivity contribution in [2.75, 3.05) is 18.8 Å². The van der Waals surface area contributed by atoms with Crippen LogP contribution in [0.15, 0.2) is 12.4 Å². The number of nitrogens with zero attached hydrogens (tertiary/aromatic N) is 2. The summed E-state index contributed by atoms with van der Waals surface area (Å²) in [5.41, 5.74) is 0. The largest absolute Gasteiger partial charge is 0.338 e. The predicted molar refractivity (Wildman–Crippen MR) is 80.9 cm³/mol. The molecule has 110 valence electrons. The number of fused-ring (bicyclic) bond motifs is 1. The Morgan fingerprint density at radius 2 is 2.30 bits per heavy atom. The molecular weight excluding hydrogens is 272 g/mol. The molecule has 0 spiro atoms. The molecule has 2 aliphatic rings. The van der Waals surface area contributed by atoms with Crippen LogP contribution in [0.4, 0.5) is 4.79 Å². The molecule has 6 heteroatoms. The molecule has 0 saturated carbocycles. The molecule has 3 rings (SSSR count). The SMILES string of the molecule is O=C(NC[C@@H]1CCc2nccn2C1)NC[C@H]1CCCS1. The third-order valence-electron chi connectivity index (χ3n) is 4.10. The second kappa shape index (κ2) is 6.52. The van der Waals surface area contributed by atoms with Crippen LogP contribution < -0.4 is 10.6 Å². The van der Waals surface area contributed by atoms with E-state index in [1.165, 1.54) is 24.4 Å². The molecule has 2 N–H and O–H groups in total. The van der Waals surface area contributed by atoms with Crippen LogP contribution in [-0.2, 0) is 13.0 Å².